The van der Waals surface area contributed by atoms with Gasteiger partial charge in [0.05, 0.1) is 24.0 Å². The van der Waals surface area contributed by atoms with Crippen LogP contribution in [0.3, 0.4) is 0 Å². The summed E-state index contributed by atoms with van der Waals surface area (Å²) in [6, 6.07) is 5.78. The van der Waals surface area contributed by atoms with E-state index in [2.05, 4.69) is 25.4 Å². The Morgan fingerprint density at radius 2 is 2.07 bits per heavy atom. The highest BCUT2D eigenvalue weighted by molar-refractivity contribution is 5.82. The molecule has 1 aliphatic carbocycles. The van der Waals surface area contributed by atoms with Crippen LogP contribution in [0.2, 0.25) is 0 Å². The predicted molar refractivity (Wildman–Crippen MR) is 107 cm³/mol. The molecule has 0 aromatic carbocycles. The van der Waals surface area contributed by atoms with E-state index < -0.39 is 13.0 Å². The number of nitrogens with zero attached hydrogens (tertiary/aromatic N) is 6. The van der Waals surface area contributed by atoms with Gasteiger partial charge < -0.3 is 15.0 Å². The van der Waals surface area contributed by atoms with Crippen molar-refractivity contribution in [2.75, 3.05) is 11.9 Å². The summed E-state index contributed by atoms with van der Waals surface area (Å²) in [6.45, 7) is 1.47. The Bertz CT molecular complexity index is 1210. The molecular formula is C20H21F2N7O. The fourth-order valence-corrected chi connectivity index (χ4v) is 3.99. The van der Waals surface area contributed by atoms with Gasteiger partial charge in [-0.2, -0.15) is 0 Å². The van der Waals surface area contributed by atoms with Crippen molar-refractivity contribution in [2.24, 2.45) is 5.92 Å². The highest BCUT2D eigenvalue weighted by atomic mass is 19.3. The van der Waals surface area contributed by atoms with Crippen molar-refractivity contribution in [3.8, 4) is 11.3 Å². The minimum Gasteiger partial charge on any atom is -0.396 e. The van der Waals surface area contributed by atoms with E-state index in [1.165, 1.54) is 4.57 Å². The summed E-state index contributed by atoms with van der Waals surface area (Å²) in [7, 11) is 0. The Morgan fingerprint density at radius 1 is 1.23 bits per heavy atom. The molecule has 0 saturated heterocycles. The second-order valence-corrected chi connectivity index (χ2v) is 7.70. The van der Waals surface area contributed by atoms with Crippen LogP contribution in [0.1, 0.15) is 18.7 Å². The van der Waals surface area contributed by atoms with Crippen molar-refractivity contribution < 1.29 is 13.9 Å². The lowest BCUT2D eigenvalue weighted by Gasteiger charge is -2.34. The number of hydrogen-bond donors (Lipinski definition) is 2. The Labute approximate surface area is 170 Å². The molecule has 5 rings (SSSR count). The number of fused-ring (bicyclic) bond motifs is 2. The first-order valence-corrected chi connectivity index (χ1v) is 9.86. The third-order valence-electron chi connectivity index (χ3n) is 5.62. The molecule has 1 aliphatic rings. The van der Waals surface area contributed by atoms with Gasteiger partial charge in [-0.1, -0.05) is 0 Å². The minimum atomic E-state index is -2.48. The van der Waals surface area contributed by atoms with Crippen LogP contribution >= 0.6 is 0 Å². The summed E-state index contributed by atoms with van der Waals surface area (Å²) in [5, 5.41) is 16.9. The molecule has 0 spiro atoms. The van der Waals surface area contributed by atoms with Gasteiger partial charge in [-0.25, -0.2) is 28.2 Å². The van der Waals surface area contributed by atoms with Crippen LogP contribution < -0.4 is 5.32 Å². The van der Waals surface area contributed by atoms with Gasteiger partial charge in [0.15, 0.2) is 5.65 Å². The molecule has 1 fully saturated rings. The van der Waals surface area contributed by atoms with Crippen LogP contribution in [-0.4, -0.2) is 53.3 Å². The average Bonchev–Trinajstić information content (AvgIpc) is 3.24. The molecule has 10 heteroatoms. The molecule has 0 bridgehead atoms. The topological polar surface area (TPSA) is 93.2 Å². The van der Waals surface area contributed by atoms with Gasteiger partial charge in [0.2, 0.25) is 5.95 Å². The lowest BCUT2D eigenvalue weighted by Crippen LogP contribution is -2.37. The second kappa shape index (κ2) is 7.28. The molecule has 8 nitrogen and oxygen atoms in total. The van der Waals surface area contributed by atoms with E-state index >= 15 is 0 Å². The Morgan fingerprint density at radius 3 is 2.83 bits per heavy atom. The number of hydrogen-bond acceptors (Lipinski definition) is 6. The van der Waals surface area contributed by atoms with Gasteiger partial charge in [0, 0.05) is 24.4 Å². The first kappa shape index (κ1) is 18.9. The van der Waals surface area contributed by atoms with Crippen LogP contribution in [0.25, 0.3) is 27.9 Å². The zero-order valence-corrected chi connectivity index (χ0v) is 16.3. The molecule has 0 radical (unpaired) electrons. The average molecular weight is 413 g/mol. The predicted octanol–water partition coefficient (Wildman–Crippen LogP) is 2.90. The number of nitrogens with one attached hydrogen (secondary N) is 1. The van der Waals surface area contributed by atoms with Crippen LogP contribution in [0, 0.1) is 12.8 Å². The fourth-order valence-electron chi connectivity index (χ4n) is 3.99. The zero-order valence-electron chi connectivity index (χ0n) is 16.3. The largest absolute Gasteiger partial charge is 0.396 e. The molecule has 1 saturated carbocycles. The van der Waals surface area contributed by atoms with Crippen LogP contribution in [-0.2, 0) is 6.54 Å². The van der Waals surface area contributed by atoms with E-state index in [9.17, 15) is 8.78 Å². The second-order valence-electron chi connectivity index (χ2n) is 7.70. The number of alkyl halides is 2. The van der Waals surface area contributed by atoms with Crippen molar-refractivity contribution in [3.63, 3.8) is 0 Å². The SMILES string of the molecule is Cc1nc2ccc(-c3ccn4nc(NC5CC(CO)C5)ncc34)nc2n1CC(F)F. The van der Waals surface area contributed by atoms with Crippen molar-refractivity contribution in [2.45, 2.75) is 38.8 Å². The molecule has 0 amide bonds. The third-order valence-corrected chi connectivity index (χ3v) is 5.62. The Balaban J connectivity index is 1.46. The normalized spacial score (nSPS) is 19.0. The maximum Gasteiger partial charge on any atom is 0.256 e. The van der Waals surface area contributed by atoms with E-state index in [0.29, 0.717) is 34.5 Å². The fraction of sp³-hybridized carbons (Fsp3) is 0.400. The number of anilines is 1. The lowest BCUT2D eigenvalue weighted by molar-refractivity contribution is 0.127. The molecule has 30 heavy (non-hydrogen) atoms. The third kappa shape index (κ3) is 3.26. The van der Waals surface area contributed by atoms with Gasteiger partial charge in [-0.05, 0) is 43.9 Å². The quantitative estimate of drug-likeness (QED) is 0.505. The highest BCUT2D eigenvalue weighted by Crippen LogP contribution is 2.30. The van der Waals surface area contributed by atoms with Crippen molar-refractivity contribution in [1.29, 1.82) is 0 Å². The van der Waals surface area contributed by atoms with Crippen molar-refractivity contribution in [3.05, 3.63) is 36.4 Å². The molecule has 4 aromatic heterocycles. The van der Waals surface area contributed by atoms with Gasteiger partial charge >= 0.3 is 0 Å². The highest BCUT2D eigenvalue weighted by Gasteiger charge is 2.29. The maximum atomic E-state index is 13.0. The maximum absolute atomic E-state index is 13.0. The van der Waals surface area contributed by atoms with E-state index in [1.807, 2.05) is 18.3 Å². The van der Waals surface area contributed by atoms with Crippen LogP contribution in [0.15, 0.2) is 30.6 Å². The summed E-state index contributed by atoms with van der Waals surface area (Å²) in [4.78, 5) is 13.4. The standard InChI is InChI=1S/C20H21F2N7O/c1-11-24-16-3-2-15(26-19(16)28(11)9-18(21)22)14-4-5-29-17(14)8-23-20(27-29)25-13-6-12(7-13)10-30/h2-5,8,12-13,18,30H,6-7,9-10H2,1H3,(H,25,27). The van der Waals surface area contributed by atoms with Gasteiger partial charge in [-0.3, -0.25) is 0 Å². The minimum absolute atomic E-state index is 0.214. The summed E-state index contributed by atoms with van der Waals surface area (Å²) >= 11 is 0. The lowest BCUT2D eigenvalue weighted by atomic mass is 9.81. The van der Waals surface area contributed by atoms with Gasteiger partial charge in [-0.15, -0.1) is 5.10 Å². The Hall–Kier alpha value is -3.14. The van der Waals surface area contributed by atoms with Crippen LogP contribution in [0.5, 0.6) is 0 Å². The Kier molecular flexibility index (Phi) is 4.58. The molecule has 0 aliphatic heterocycles. The number of pyridine rings is 1. The number of aryl methyl sites for hydroxylation is 1. The number of rotatable bonds is 6. The summed E-state index contributed by atoms with van der Waals surface area (Å²) in [6.07, 6.45) is 2.88. The molecule has 156 valence electrons. The van der Waals surface area contributed by atoms with Crippen molar-refractivity contribution in [1.82, 2.24) is 29.1 Å². The monoisotopic (exact) mass is 413 g/mol. The smallest absolute Gasteiger partial charge is 0.256 e. The molecule has 0 unspecified atom stereocenters. The molecule has 2 N–H and O–H groups in total. The van der Waals surface area contributed by atoms with Gasteiger partial charge in [0.1, 0.15) is 11.3 Å². The van der Waals surface area contributed by atoms with E-state index in [-0.39, 0.29) is 12.6 Å². The first-order valence-electron chi connectivity index (χ1n) is 9.86. The molecule has 4 aromatic rings. The van der Waals surface area contributed by atoms with Gasteiger partial charge in [0.25, 0.3) is 6.43 Å². The van der Waals surface area contributed by atoms with Crippen molar-refractivity contribution >= 4 is 22.6 Å². The number of imidazole rings is 1. The van der Waals surface area contributed by atoms with E-state index in [4.69, 9.17) is 5.11 Å². The summed E-state index contributed by atoms with van der Waals surface area (Å²) in [5.41, 5.74) is 3.26. The number of aromatic nitrogens is 6. The van der Waals surface area contributed by atoms with E-state index in [1.54, 1.807) is 23.7 Å². The molecular weight excluding hydrogens is 392 g/mol. The summed E-state index contributed by atoms with van der Waals surface area (Å²) < 4.78 is 29.1. The molecule has 4 heterocycles. The zero-order chi connectivity index (χ0) is 20.8. The summed E-state index contributed by atoms with van der Waals surface area (Å²) in [5.74, 6) is 1.39. The van der Waals surface area contributed by atoms with Crippen LogP contribution in [0.4, 0.5) is 14.7 Å². The van der Waals surface area contributed by atoms with E-state index in [0.717, 1.165) is 23.9 Å². The number of halogens is 2. The molecule has 0 atom stereocenters. The number of aliphatic hydroxyl groups is 1. The number of aliphatic hydroxyl groups excluding tert-OH is 1. The first-order chi connectivity index (χ1) is 14.5.